The topological polar surface area (TPSA) is 72.9 Å². The first-order valence-corrected chi connectivity index (χ1v) is 11.2. The lowest BCUT2D eigenvalue weighted by molar-refractivity contribution is 0.0600. The lowest BCUT2D eigenvalue weighted by Crippen LogP contribution is -2.30. The van der Waals surface area contributed by atoms with Gasteiger partial charge in [-0.1, -0.05) is 18.3 Å². The van der Waals surface area contributed by atoms with Crippen molar-refractivity contribution in [3.63, 3.8) is 0 Å². The summed E-state index contributed by atoms with van der Waals surface area (Å²) >= 11 is 3.15. The maximum atomic E-state index is 12.6. The summed E-state index contributed by atoms with van der Waals surface area (Å²) in [5, 5.41) is 4.92. The van der Waals surface area contributed by atoms with Gasteiger partial charge >= 0.3 is 5.97 Å². The third-order valence-corrected chi connectivity index (χ3v) is 7.23. The molecule has 0 spiro atoms. The number of hydrogen-bond donors (Lipinski definition) is 1. The fourth-order valence-corrected chi connectivity index (χ4v) is 6.06. The van der Waals surface area contributed by atoms with E-state index in [0.29, 0.717) is 11.3 Å². The van der Waals surface area contributed by atoms with E-state index in [1.54, 1.807) is 11.3 Å². The van der Waals surface area contributed by atoms with Crippen molar-refractivity contribution in [2.75, 3.05) is 32.3 Å². The minimum atomic E-state index is -0.296. The molecule has 1 aromatic carbocycles. The van der Waals surface area contributed by atoms with Crippen LogP contribution in [-0.2, 0) is 17.7 Å². The first kappa shape index (κ1) is 18.7. The van der Waals surface area contributed by atoms with Gasteiger partial charge in [-0.3, -0.25) is 4.90 Å². The molecule has 5 rings (SSSR count). The van der Waals surface area contributed by atoms with Crippen LogP contribution < -0.4 is 14.8 Å². The molecule has 4 heterocycles. The monoisotopic (exact) mass is 431 g/mol. The molecule has 2 aliphatic rings. The van der Waals surface area contributed by atoms with Crippen LogP contribution in [0.4, 0.5) is 10.1 Å². The minimum absolute atomic E-state index is 0.246. The molecule has 2 aromatic heterocycles. The van der Waals surface area contributed by atoms with Gasteiger partial charge in [-0.25, -0.2) is 9.78 Å². The van der Waals surface area contributed by atoms with Gasteiger partial charge in [-0.2, -0.15) is 0 Å². The van der Waals surface area contributed by atoms with Crippen LogP contribution in [0.15, 0.2) is 12.1 Å². The second-order valence-electron chi connectivity index (χ2n) is 7.04. The standard InChI is InChI=1S/C20H21N3O4S2/c1-3-5-23-6-4-11-16(9-23)28-18(17(11)19(24)25-2)22-20-21-12-7-13-14(27-10-26-13)8-15(12)29-20/h7-8H,3-6,9-10H2,1-2H3,(H,21,22). The summed E-state index contributed by atoms with van der Waals surface area (Å²) in [4.78, 5) is 20.9. The number of thiazole rings is 1. The van der Waals surface area contributed by atoms with Crippen LogP contribution in [-0.4, -0.2) is 42.8 Å². The minimum Gasteiger partial charge on any atom is -0.465 e. The molecule has 0 aliphatic carbocycles. The SMILES string of the molecule is CCCN1CCc2c(sc(Nc3nc4cc5c(cc4s3)OCO5)c2C(=O)OC)C1. The van der Waals surface area contributed by atoms with Gasteiger partial charge in [0.25, 0.3) is 0 Å². The Bertz CT molecular complexity index is 1050. The first-order chi connectivity index (χ1) is 14.2. The third kappa shape index (κ3) is 3.33. The van der Waals surface area contributed by atoms with E-state index in [2.05, 4.69) is 22.1 Å². The molecule has 0 radical (unpaired) electrons. The molecular weight excluding hydrogens is 410 g/mol. The highest BCUT2D eigenvalue weighted by Gasteiger charge is 2.29. The van der Waals surface area contributed by atoms with Crippen molar-refractivity contribution in [3.05, 3.63) is 28.1 Å². The number of nitrogens with one attached hydrogen (secondary N) is 1. The molecule has 152 valence electrons. The van der Waals surface area contributed by atoms with Crippen molar-refractivity contribution in [1.29, 1.82) is 0 Å². The Balaban J connectivity index is 1.49. The van der Waals surface area contributed by atoms with Crippen LogP contribution in [0.2, 0.25) is 0 Å². The number of hydrogen-bond acceptors (Lipinski definition) is 9. The van der Waals surface area contributed by atoms with Crippen LogP contribution in [0.3, 0.4) is 0 Å². The Labute approximate surface area is 176 Å². The van der Waals surface area contributed by atoms with Crippen molar-refractivity contribution >= 4 is 49.0 Å². The predicted molar refractivity (Wildman–Crippen MR) is 114 cm³/mol. The molecule has 0 saturated heterocycles. The van der Waals surface area contributed by atoms with Crippen LogP contribution >= 0.6 is 22.7 Å². The third-order valence-electron chi connectivity index (χ3n) is 5.17. The van der Waals surface area contributed by atoms with E-state index < -0.39 is 0 Å². The summed E-state index contributed by atoms with van der Waals surface area (Å²) in [5.41, 5.74) is 2.60. The molecule has 0 amide bonds. The summed E-state index contributed by atoms with van der Waals surface area (Å²) in [7, 11) is 1.43. The van der Waals surface area contributed by atoms with E-state index in [9.17, 15) is 4.79 Å². The number of anilines is 2. The second kappa shape index (κ2) is 7.47. The number of esters is 1. The quantitative estimate of drug-likeness (QED) is 0.601. The van der Waals surface area contributed by atoms with Gasteiger partial charge in [-0.15, -0.1) is 11.3 Å². The van der Waals surface area contributed by atoms with E-state index >= 15 is 0 Å². The van der Waals surface area contributed by atoms with Crippen LogP contribution in [0, 0.1) is 0 Å². The van der Waals surface area contributed by atoms with Crippen molar-refractivity contribution in [3.8, 4) is 11.5 Å². The number of nitrogens with zero attached hydrogens (tertiary/aromatic N) is 2. The fourth-order valence-electron chi connectivity index (χ4n) is 3.84. The van der Waals surface area contributed by atoms with Gasteiger partial charge < -0.3 is 19.5 Å². The highest BCUT2D eigenvalue weighted by atomic mass is 32.1. The fraction of sp³-hybridized carbons (Fsp3) is 0.400. The number of methoxy groups -OCH3 is 1. The average molecular weight is 432 g/mol. The summed E-state index contributed by atoms with van der Waals surface area (Å²) in [6.07, 6.45) is 1.98. The van der Waals surface area contributed by atoms with Gasteiger partial charge in [0.2, 0.25) is 6.79 Å². The zero-order valence-corrected chi connectivity index (χ0v) is 17.9. The highest BCUT2D eigenvalue weighted by molar-refractivity contribution is 7.23. The Morgan fingerprint density at radius 2 is 2.14 bits per heavy atom. The normalized spacial score (nSPS) is 15.5. The number of rotatable bonds is 5. The number of carbonyl (C=O) groups is 1. The van der Waals surface area contributed by atoms with Gasteiger partial charge in [0.1, 0.15) is 5.00 Å². The maximum Gasteiger partial charge on any atom is 0.341 e. The highest BCUT2D eigenvalue weighted by Crippen LogP contribution is 2.42. The predicted octanol–water partition coefficient (Wildman–Crippen LogP) is 4.38. The van der Waals surface area contributed by atoms with Crippen molar-refractivity contribution in [2.45, 2.75) is 26.3 Å². The van der Waals surface area contributed by atoms with Crippen molar-refractivity contribution in [2.24, 2.45) is 0 Å². The van der Waals surface area contributed by atoms with Crippen LogP contribution in [0.1, 0.15) is 34.1 Å². The number of aromatic nitrogens is 1. The molecule has 0 bridgehead atoms. The Kier molecular flexibility index (Phi) is 4.81. The molecule has 0 fully saturated rings. The Morgan fingerprint density at radius 1 is 1.31 bits per heavy atom. The van der Waals surface area contributed by atoms with Crippen LogP contribution in [0.5, 0.6) is 11.5 Å². The maximum absolute atomic E-state index is 12.6. The number of ether oxygens (including phenoxy) is 3. The van der Waals surface area contributed by atoms with Gasteiger partial charge in [0, 0.05) is 30.1 Å². The summed E-state index contributed by atoms with van der Waals surface area (Å²) in [6.45, 7) is 5.35. The zero-order chi connectivity index (χ0) is 20.0. The summed E-state index contributed by atoms with van der Waals surface area (Å²) < 4.78 is 17.0. The van der Waals surface area contributed by atoms with E-state index in [1.807, 2.05) is 12.1 Å². The van der Waals surface area contributed by atoms with Gasteiger partial charge in [0.05, 0.1) is 22.9 Å². The second-order valence-corrected chi connectivity index (χ2v) is 9.18. The molecule has 29 heavy (non-hydrogen) atoms. The lowest BCUT2D eigenvalue weighted by atomic mass is 10.0. The number of thiophene rings is 1. The number of carbonyl (C=O) groups excluding carboxylic acids is 1. The van der Waals surface area contributed by atoms with Crippen molar-refractivity contribution in [1.82, 2.24) is 9.88 Å². The van der Waals surface area contributed by atoms with Gasteiger partial charge in [0.15, 0.2) is 16.6 Å². The first-order valence-electron chi connectivity index (χ1n) is 9.58. The van der Waals surface area contributed by atoms with Crippen molar-refractivity contribution < 1.29 is 19.0 Å². The molecule has 0 unspecified atom stereocenters. The molecule has 7 nitrogen and oxygen atoms in total. The average Bonchev–Trinajstić information content (AvgIpc) is 3.41. The number of fused-ring (bicyclic) bond motifs is 3. The zero-order valence-electron chi connectivity index (χ0n) is 16.2. The van der Waals surface area contributed by atoms with E-state index in [-0.39, 0.29) is 12.8 Å². The Hall–Kier alpha value is -2.36. The molecule has 0 atom stereocenters. The largest absolute Gasteiger partial charge is 0.465 e. The molecule has 3 aromatic rings. The molecule has 2 aliphatic heterocycles. The molecule has 9 heteroatoms. The Morgan fingerprint density at radius 3 is 2.93 bits per heavy atom. The van der Waals surface area contributed by atoms with E-state index in [1.165, 1.54) is 23.3 Å². The van der Waals surface area contributed by atoms with E-state index in [4.69, 9.17) is 14.2 Å². The number of benzene rings is 1. The molecule has 1 N–H and O–H groups in total. The molecule has 0 saturated carbocycles. The van der Waals surface area contributed by atoms with E-state index in [0.717, 1.165) is 64.1 Å². The summed E-state index contributed by atoms with van der Waals surface area (Å²) in [5.74, 6) is 1.16. The van der Waals surface area contributed by atoms with Crippen LogP contribution in [0.25, 0.3) is 10.2 Å². The lowest BCUT2D eigenvalue weighted by Gasteiger charge is -2.26. The summed E-state index contributed by atoms with van der Waals surface area (Å²) in [6, 6.07) is 3.84. The smallest absolute Gasteiger partial charge is 0.341 e. The van der Waals surface area contributed by atoms with Gasteiger partial charge in [-0.05, 0) is 24.9 Å². The molecular formula is C20H21N3O4S2.